The lowest BCUT2D eigenvalue weighted by Gasteiger charge is -2.17. The van der Waals surface area contributed by atoms with Crippen molar-refractivity contribution in [3.63, 3.8) is 0 Å². The Bertz CT molecular complexity index is 2720. The first-order chi connectivity index (χ1) is 37.6. The molecule has 2 aromatic carbocycles. The molecule has 16 unspecified atom stereocenters. The van der Waals surface area contributed by atoms with E-state index in [0.717, 1.165) is 18.5 Å². The third-order valence-corrected chi connectivity index (χ3v) is 16.1. The van der Waals surface area contributed by atoms with E-state index in [-0.39, 0.29) is 150 Å². The maximum Gasteiger partial charge on any atom is 0.282 e. The molecule has 8 amide bonds. The van der Waals surface area contributed by atoms with Crippen molar-refractivity contribution >= 4 is 60.0 Å². The summed E-state index contributed by atoms with van der Waals surface area (Å²) in [6.45, 7) is 10.5. The van der Waals surface area contributed by atoms with Gasteiger partial charge in [0.25, 0.3) is 6.92 Å². The Kier molecular flexibility index (Phi) is 16.0. The number of hydrogen-bond donors (Lipinski definition) is 4. The lowest BCUT2D eigenvalue weighted by atomic mass is 9.76. The predicted molar refractivity (Wildman–Crippen MR) is 280 cm³/mol. The Hall–Kier alpha value is -6.75. The van der Waals surface area contributed by atoms with E-state index in [1.165, 1.54) is 25.2 Å². The molecule has 8 fully saturated rings. The fraction of sp³-hybridized carbons (Fsp3) is 0.491. The number of imide groups is 4. The molecule has 0 aromatic heterocycles. The minimum absolute atomic E-state index is 0.0382. The Morgan fingerprint density at radius 3 is 1.12 bits per heavy atom. The van der Waals surface area contributed by atoms with Crippen molar-refractivity contribution < 1.29 is 67.3 Å². The number of hydrogen-bond acceptors (Lipinski definition) is 14. The van der Waals surface area contributed by atoms with Crippen LogP contribution in [-0.2, 0) is 70.4 Å². The molecule has 0 radical (unpaired) electrons. The number of fused-ring (bicyclic) bond motifs is 20. The minimum atomic E-state index is -0.310. The third kappa shape index (κ3) is 10.3. The standard InChI is InChI=1S/C17H18N2O3.C15H13NO3.C12H15N3O3.C11H13NO3.C2H7BO/c20-16-14-12-6-7-13(22-12)15(14)17(21)19(16)9-8-18-10-11-4-2-1-3-5-11;17-14-12-10-6-7-11(19-10)13(12)15(18)16(14)8-9-4-2-1-3-5-9;1-6(13)14-4-5-15-11(16)9-7-2-3-8(18-7)10(9)12(15)17;1-2-5-12-10(13)8-6-3-4-7(15-6)9(8)11(12)14;1-3(2)4/h1-7,12-15,18H,8-10H2;1-7,10-13H,8H2;2-3,7-10H,4-5H2,1H3,(H2,13,14);3-4,6-9H,2,5H2,1H3;4H,1-2H3/p+1. The highest BCUT2D eigenvalue weighted by Crippen LogP contribution is 2.48. The Morgan fingerprint density at radius 2 is 0.795 bits per heavy atom. The molecule has 8 saturated heterocycles. The number of rotatable bonds is 12. The van der Waals surface area contributed by atoms with Gasteiger partial charge >= 0.3 is 0 Å². The van der Waals surface area contributed by atoms with Gasteiger partial charge in [-0.3, -0.25) is 68.7 Å². The van der Waals surface area contributed by atoms with Crippen molar-refractivity contribution in [2.45, 2.75) is 95.8 Å². The number of amidine groups is 1. The van der Waals surface area contributed by atoms with E-state index >= 15 is 0 Å². The Morgan fingerprint density at radius 1 is 0.500 bits per heavy atom. The van der Waals surface area contributed by atoms with Crippen LogP contribution in [0.2, 0.25) is 13.6 Å². The van der Waals surface area contributed by atoms with Gasteiger partial charge in [0, 0.05) is 33.1 Å². The highest BCUT2D eigenvalue weighted by atomic mass is 16.5. The first-order valence-electron chi connectivity index (χ1n) is 27.1. The zero-order valence-electron chi connectivity index (χ0n) is 44.1. The first-order valence-corrected chi connectivity index (χ1v) is 27.1. The van der Waals surface area contributed by atoms with Crippen LogP contribution < -0.4 is 16.0 Å². The average Bonchev–Trinajstić information content (AvgIpc) is 4.50. The number of nitrogens with zero attached hydrogens (tertiary/aromatic N) is 4. The van der Waals surface area contributed by atoms with Crippen molar-refractivity contribution in [1.29, 1.82) is 0 Å². The van der Waals surface area contributed by atoms with Crippen LogP contribution in [0, 0.1) is 47.3 Å². The summed E-state index contributed by atoms with van der Waals surface area (Å²) in [5.41, 5.74) is 7.65. The predicted octanol–water partition coefficient (Wildman–Crippen LogP) is -0.213. The molecule has 78 heavy (non-hydrogen) atoms. The number of benzene rings is 2. The SMILES string of the molecule is CB(C)O.CC(N)=[NH+]CCN1C(=O)C2C3C=CC(O3)C2C1=O.CCCN1C(=O)C2C3C=CC(O3)C2C1=O.O=C1C2C3C=CC(O3)C2C(=O)N1CCNCc1ccccc1.O=C1C2C3C=CC(O3)C2C(=O)N1Cc1ccccc1. The number of ether oxygens (including phenoxy) is 4. The normalized spacial score (nSPS) is 34.8. The molecule has 16 atom stereocenters. The number of carbonyl (C=O) groups is 8. The fourth-order valence-corrected chi connectivity index (χ4v) is 12.7. The number of likely N-dealkylation sites (tertiary alicyclic amines) is 4. The molecule has 0 spiro atoms. The highest BCUT2D eigenvalue weighted by Gasteiger charge is 2.63. The molecule has 12 aliphatic rings. The van der Waals surface area contributed by atoms with Gasteiger partial charge in [-0.1, -0.05) is 130 Å². The van der Waals surface area contributed by atoms with Gasteiger partial charge in [-0.05, 0) is 17.5 Å². The van der Waals surface area contributed by atoms with E-state index in [1.807, 2.05) is 116 Å². The molecule has 8 bridgehead atoms. The highest BCUT2D eigenvalue weighted by molar-refractivity contribution is 6.46. The molecule has 21 heteroatoms. The van der Waals surface area contributed by atoms with Crippen LogP contribution in [-0.4, -0.2) is 166 Å². The van der Waals surface area contributed by atoms with E-state index in [1.54, 1.807) is 20.6 Å². The summed E-state index contributed by atoms with van der Waals surface area (Å²) in [6.07, 6.45) is 14.5. The van der Waals surface area contributed by atoms with E-state index < -0.39 is 0 Å². The summed E-state index contributed by atoms with van der Waals surface area (Å²) in [7, 11) is 0. The molecule has 12 heterocycles. The molecular formula is C57H67BN7O13+. The molecule has 0 aliphatic carbocycles. The first kappa shape index (κ1) is 54.6. The van der Waals surface area contributed by atoms with E-state index in [4.69, 9.17) is 29.7 Å². The lowest BCUT2D eigenvalue weighted by molar-refractivity contribution is -0.458. The minimum Gasteiger partial charge on any atom is -0.451 e. The van der Waals surface area contributed by atoms with Gasteiger partial charge in [0.15, 0.2) is 0 Å². The second-order valence-corrected chi connectivity index (χ2v) is 21.6. The molecule has 410 valence electrons. The van der Waals surface area contributed by atoms with Crippen LogP contribution in [0.4, 0.5) is 0 Å². The van der Waals surface area contributed by atoms with E-state index in [9.17, 15) is 38.4 Å². The van der Waals surface area contributed by atoms with Crippen molar-refractivity contribution in [3.8, 4) is 0 Å². The molecule has 2 aromatic rings. The summed E-state index contributed by atoms with van der Waals surface area (Å²) < 4.78 is 22.3. The molecule has 12 aliphatic heterocycles. The Balaban J connectivity index is 0.000000116. The van der Waals surface area contributed by atoms with Crippen LogP contribution in [0.1, 0.15) is 31.4 Å². The maximum atomic E-state index is 12.4. The maximum absolute atomic E-state index is 12.4. The number of nitrogens with two attached hydrogens (primary N) is 1. The largest absolute Gasteiger partial charge is 0.451 e. The molecule has 20 nitrogen and oxygen atoms in total. The summed E-state index contributed by atoms with van der Waals surface area (Å²) >= 11 is 0. The van der Waals surface area contributed by atoms with Gasteiger partial charge in [-0.2, -0.15) is 0 Å². The second kappa shape index (κ2) is 22.9. The monoisotopic (exact) mass is 1070 g/mol. The van der Waals surface area contributed by atoms with Crippen LogP contribution >= 0.6 is 0 Å². The summed E-state index contributed by atoms with van der Waals surface area (Å²) in [5.74, 6) is -2.33. The van der Waals surface area contributed by atoms with Gasteiger partial charge in [0.2, 0.25) is 53.1 Å². The van der Waals surface area contributed by atoms with Crippen molar-refractivity contribution in [3.05, 3.63) is 120 Å². The van der Waals surface area contributed by atoms with E-state index in [0.29, 0.717) is 45.1 Å². The smallest absolute Gasteiger partial charge is 0.282 e. The molecule has 14 rings (SSSR count). The Labute approximate surface area is 452 Å². The van der Waals surface area contributed by atoms with Crippen molar-refractivity contribution in [2.75, 3.05) is 32.7 Å². The van der Waals surface area contributed by atoms with Gasteiger partial charge in [-0.25, -0.2) is 0 Å². The van der Waals surface area contributed by atoms with Crippen molar-refractivity contribution in [1.82, 2.24) is 24.9 Å². The van der Waals surface area contributed by atoms with Gasteiger partial charge in [0.05, 0.1) is 109 Å². The molecule has 0 saturated carbocycles. The van der Waals surface area contributed by atoms with Crippen molar-refractivity contribution in [2.24, 2.45) is 53.1 Å². The van der Waals surface area contributed by atoms with Crippen LogP contribution in [0.25, 0.3) is 0 Å². The number of carbonyl (C=O) groups excluding carboxylic acids is 8. The van der Waals surface area contributed by atoms with Crippen LogP contribution in [0.5, 0.6) is 0 Å². The summed E-state index contributed by atoms with van der Waals surface area (Å²) in [6, 6.07) is 19.7. The fourth-order valence-electron chi connectivity index (χ4n) is 12.7. The van der Waals surface area contributed by atoms with Crippen LogP contribution in [0.15, 0.2) is 109 Å². The lowest BCUT2D eigenvalue weighted by Crippen LogP contribution is -2.76. The molecular weight excluding hydrogens is 1000 g/mol. The third-order valence-electron chi connectivity index (χ3n) is 16.1. The van der Waals surface area contributed by atoms with Gasteiger partial charge in [-0.15, -0.1) is 0 Å². The van der Waals surface area contributed by atoms with E-state index in [2.05, 4.69) is 10.3 Å². The quantitative estimate of drug-likeness (QED) is 0.0536. The molecule has 5 N–H and O–H groups in total. The second-order valence-electron chi connectivity index (χ2n) is 21.6. The summed E-state index contributed by atoms with van der Waals surface area (Å²) in [5, 5.41) is 11.3. The van der Waals surface area contributed by atoms with Gasteiger partial charge < -0.3 is 29.3 Å². The van der Waals surface area contributed by atoms with Gasteiger partial charge in [0.1, 0.15) is 6.54 Å². The number of nitrogens with one attached hydrogen (secondary N) is 2. The summed E-state index contributed by atoms with van der Waals surface area (Å²) in [4.78, 5) is 106. The average molecular weight is 1070 g/mol. The number of amides is 8. The zero-order valence-corrected chi connectivity index (χ0v) is 44.1. The topological polar surface area (TPSA) is 259 Å². The van der Waals surface area contributed by atoms with Crippen LogP contribution in [0.3, 0.4) is 0 Å². The zero-order chi connectivity index (χ0) is 55.1.